The maximum Gasteiger partial charge on any atom is 0.203 e. The molecule has 0 aliphatic rings. The zero-order valence-corrected chi connectivity index (χ0v) is 25.7. The number of nitrogens with one attached hydrogen (secondary N) is 1. The fourth-order valence-corrected chi connectivity index (χ4v) is 6.49. The number of hydrogen-bond acceptors (Lipinski definition) is 5. The van der Waals surface area contributed by atoms with E-state index in [1.807, 2.05) is 84.2 Å². The molecule has 7 rings (SSSR count). The van der Waals surface area contributed by atoms with Gasteiger partial charge in [0, 0.05) is 43.8 Å². The van der Waals surface area contributed by atoms with Crippen LogP contribution in [0.4, 0.5) is 9.52 Å². The third-order valence-electron chi connectivity index (χ3n) is 7.13. The van der Waals surface area contributed by atoms with Crippen molar-refractivity contribution in [2.45, 2.75) is 6.54 Å². The Bertz CT molecular complexity index is 2140. The van der Waals surface area contributed by atoms with Gasteiger partial charge >= 0.3 is 0 Å². The molecule has 9 heteroatoms. The minimum Gasteiger partial charge on any atom is -0.334 e. The van der Waals surface area contributed by atoms with Gasteiger partial charge < -0.3 is 4.57 Å². The van der Waals surface area contributed by atoms with Gasteiger partial charge in [0.15, 0.2) is 0 Å². The van der Waals surface area contributed by atoms with Crippen molar-refractivity contribution in [1.82, 2.24) is 14.5 Å². The summed E-state index contributed by atoms with van der Waals surface area (Å²) in [5.41, 5.74) is 10.2. The van der Waals surface area contributed by atoms with Crippen molar-refractivity contribution in [3.05, 3.63) is 135 Å². The molecule has 0 bridgehead atoms. The number of hydrogen-bond donors (Lipinski definition) is 1. The zero-order valence-electron chi connectivity index (χ0n) is 22.5. The molecule has 0 amide bonds. The van der Waals surface area contributed by atoms with E-state index >= 15 is 0 Å². The Morgan fingerprint density at radius 3 is 2.56 bits per heavy atom. The molecular formula is C34H22BrClFN5S. The summed E-state index contributed by atoms with van der Waals surface area (Å²) in [7, 11) is 0. The lowest BCUT2D eigenvalue weighted by atomic mass is 10.1. The highest BCUT2D eigenvalue weighted by Gasteiger charge is 2.19. The number of pyridine rings is 1. The van der Waals surface area contributed by atoms with Gasteiger partial charge in [-0.15, -0.1) is 11.3 Å². The van der Waals surface area contributed by atoms with Crippen molar-refractivity contribution in [3.63, 3.8) is 0 Å². The Morgan fingerprint density at radius 1 is 0.907 bits per heavy atom. The predicted molar refractivity (Wildman–Crippen MR) is 180 cm³/mol. The molecule has 0 saturated heterocycles. The molecule has 3 heterocycles. The van der Waals surface area contributed by atoms with Gasteiger partial charge in [0.25, 0.3) is 0 Å². The predicted octanol–water partition coefficient (Wildman–Crippen LogP) is 10.0. The Morgan fingerprint density at radius 2 is 1.72 bits per heavy atom. The second kappa shape index (κ2) is 11.7. The van der Waals surface area contributed by atoms with E-state index in [2.05, 4.69) is 48.1 Å². The van der Waals surface area contributed by atoms with E-state index in [1.54, 1.807) is 6.21 Å². The zero-order chi connectivity index (χ0) is 29.3. The van der Waals surface area contributed by atoms with Gasteiger partial charge in [-0.2, -0.15) is 5.10 Å². The van der Waals surface area contributed by atoms with Crippen LogP contribution in [0.15, 0.2) is 118 Å². The average molecular weight is 667 g/mol. The molecule has 5 nitrogen and oxygen atoms in total. The number of nitrogens with zero attached hydrogens (tertiary/aromatic N) is 4. The van der Waals surface area contributed by atoms with Crippen LogP contribution in [0.2, 0.25) is 5.02 Å². The topological polar surface area (TPSA) is 55.1 Å². The molecule has 0 atom stereocenters. The first-order valence-corrected chi connectivity index (χ1v) is 15.5. The summed E-state index contributed by atoms with van der Waals surface area (Å²) in [5.74, 6) is -0.260. The van der Waals surface area contributed by atoms with Gasteiger partial charge in [-0.1, -0.05) is 88.2 Å². The number of rotatable bonds is 7. The molecule has 1 N–H and O–H groups in total. The number of aromatic nitrogens is 3. The quantitative estimate of drug-likeness (QED) is 0.136. The van der Waals surface area contributed by atoms with Gasteiger partial charge in [0.1, 0.15) is 5.82 Å². The van der Waals surface area contributed by atoms with E-state index in [9.17, 15) is 4.39 Å². The Labute approximate surface area is 264 Å². The van der Waals surface area contributed by atoms with Crippen molar-refractivity contribution in [1.29, 1.82) is 0 Å². The molecule has 0 fully saturated rings. The number of para-hydroxylation sites is 1. The maximum atomic E-state index is 13.7. The third kappa shape index (κ3) is 5.57. The van der Waals surface area contributed by atoms with Gasteiger partial charge in [0.05, 0.1) is 33.8 Å². The molecule has 43 heavy (non-hydrogen) atoms. The van der Waals surface area contributed by atoms with Crippen LogP contribution in [0.3, 0.4) is 0 Å². The van der Waals surface area contributed by atoms with Crippen molar-refractivity contribution in [2.75, 3.05) is 5.43 Å². The summed E-state index contributed by atoms with van der Waals surface area (Å²) in [6, 6.07) is 32.6. The van der Waals surface area contributed by atoms with Crippen LogP contribution < -0.4 is 5.43 Å². The molecular weight excluding hydrogens is 645 g/mol. The van der Waals surface area contributed by atoms with E-state index in [4.69, 9.17) is 16.6 Å². The highest BCUT2D eigenvalue weighted by atomic mass is 79.9. The normalized spacial score (nSPS) is 11.6. The number of thiazole rings is 1. The monoisotopic (exact) mass is 665 g/mol. The lowest BCUT2D eigenvalue weighted by Crippen LogP contribution is -2.03. The summed E-state index contributed by atoms with van der Waals surface area (Å²) in [4.78, 5) is 9.74. The standard InChI is InChI=1S/C34H22BrClFN5S/c35-23-7-5-6-22(16-23)30-20-43-34(40-30)41-38-18-25-17-28-26-8-2-4-11-31(26)42(19-21-12-14-24(37)15-13-21)33(28)32(39-25)27-9-1-3-10-29(27)36/h1-18,20H,19H2,(H,40,41)/b38-18+. The minimum atomic E-state index is -0.260. The molecule has 0 spiro atoms. The van der Waals surface area contributed by atoms with Crippen LogP contribution in [-0.2, 0) is 6.54 Å². The number of halogens is 3. The van der Waals surface area contributed by atoms with Crippen molar-refractivity contribution < 1.29 is 4.39 Å². The van der Waals surface area contributed by atoms with Crippen LogP contribution >= 0.6 is 38.9 Å². The molecule has 0 saturated carbocycles. The number of anilines is 1. The number of hydrazone groups is 1. The first-order valence-electron chi connectivity index (χ1n) is 13.5. The Hall–Kier alpha value is -4.37. The highest BCUT2D eigenvalue weighted by Crippen LogP contribution is 2.38. The summed E-state index contributed by atoms with van der Waals surface area (Å²) >= 11 is 11.7. The van der Waals surface area contributed by atoms with Gasteiger partial charge in [0.2, 0.25) is 5.13 Å². The molecule has 0 aliphatic carbocycles. The van der Waals surface area contributed by atoms with Crippen LogP contribution in [0, 0.1) is 5.82 Å². The SMILES string of the molecule is Fc1ccc(Cn2c3ccccc3c3cc(/C=N/Nc4nc(-c5cccc(Br)c5)cs4)nc(-c4ccccc4Cl)c32)cc1. The smallest absolute Gasteiger partial charge is 0.203 e. The second-order valence-electron chi connectivity index (χ2n) is 9.92. The van der Waals surface area contributed by atoms with Crippen molar-refractivity contribution >= 4 is 72.0 Å². The van der Waals surface area contributed by atoms with Gasteiger partial charge in [-0.05, 0) is 48.0 Å². The molecule has 0 aliphatic heterocycles. The lowest BCUT2D eigenvalue weighted by molar-refractivity contribution is 0.626. The maximum absolute atomic E-state index is 13.7. The highest BCUT2D eigenvalue weighted by molar-refractivity contribution is 9.10. The minimum absolute atomic E-state index is 0.260. The van der Waals surface area contributed by atoms with E-state index in [0.717, 1.165) is 54.4 Å². The summed E-state index contributed by atoms with van der Waals surface area (Å²) in [5, 5.41) is 9.87. The second-order valence-corrected chi connectivity index (χ2v) is 12.1. The van der Waals surface area contributed by atoms with Gasteiger partial charge in [-0.3, -0.25) is 5.43 Å². The summed E-state index contributed by atoms with van der Waals surface area (Å²) in [6.45, 7) is 0.544. The van der Waals surface area contributed by atoms with E-state index in [1.165, 1.54) is 23.5 Å². The van der Waals surface area contributed by atoms with E-state index < -0.39 is 0 Å². The fraction of sp³-hybridized carbons (Fsp3) is 0.0294. The fourth-order valence-electron chi connectivity index (χ4n) is 5.20. The van der Waals surface area contributed by atoms with Crippen LogP contribution in [-0.4, -0.2) is 20.7 Å². The van der Waals surface area contributed by atoms with Gasteiger partial charge in [-0.25, -0.2) is 14.4 Å². The molecule has 3 aromatic heterocycles. The first kappa shape index (κ1) is 27.5. The molecule has 210 valence electrons. The van der Waals surface area contributed by atoms with Crippen molar-refractivity contribution in [2.24, 2.45) is 5.10 Å². The Balaban J connectivity index is 1.32. The van der Waals surface area contributed by atoms with Crippen LogP contribution in [0.25, 0.3) is 44.3 Å². The molecule has 4 aromatic carbocycles. The number of fused-ring (bicyclic) bond motifs is 3. The summed E-state index contributed by atoms with van der Waals surface area (Å²) < 4.78 is 16.9. The summed E-state index contributed by atoms with van der Waals surface area (Å²) in [6.07, 6.45) is 1.70. The lowest BCUT2D eigenvalue weighted by Gasteiger charge is -2.13. The van der Waals surface area contributed by atoms with E-state index in [-0.39, 0.29) is 5.82 Å². The van der Waals surface area contributed by atoms with Crippen LogP contribution in [0.1, 0.15) is 11.3 Å². The van der Waals surface area contributed by atoms with E-state index in [0.29, 0.717) is 22.4 Å². The third-order valence-corrected chi connectivity index (χ3v) is 8.70. The van der Waals surface area contributed by atoms with Crippen LogP contribution in [0.5, 0.6) is 0 Å². The molecule has 0 radical (unpaired) electrons. The Kier molecular flexibility index (Phi) is 7.49. The largest absolute Gasteiger partial charge is 0.334 e. The number of benzene rings is 4. The molecule has 7 aromatic rings. The average Bonchev–Trinajstić information content (AvgIpc) is 3.62. The molecule has 0 unspecified atom stereocenters. The van der Waals surface area contributed by atoms with Crippen molar-refractivity contribution in [3.8, 4) is 22.5 Å². The first-order chi connectivity index (χ1) is 21.0.